The number of piperidine rings is 1. The second kappa shape index (κ2) is 12.5. The number of ether oxygens (including phenoxy) is 1. The summed E-state index contributed by atoms with van der Waals surface area (Å²) in [4.78, 5) is 25.1. The zero-order chi connectivity index (χ0) is 24.6. The van der Waals surface area contributed by atoms with E-state index in [0.717, 1.165) is 75.8 Å². The van der Waals surface area contributed by atoms with E-state index in [1.165, 1.54) is 11.1 Å². The van der Waals surface area contributed by atoms with Crippen LogP contribution in [0.4, 0.5) is 0 Å². The Morgan fingerprint density at radius 2 is 1.72 bits per heavy atom. The normalized spacial score (nSPS) is 19.3. The molecule has 0 aliphatic carbocycles. The maximum absolute atomic E-state index is 12.7. The molecule has 0 bridgehead atoms. The molecule has 1 atom stereocenters. The second-order valence-electron chi connectivity index (χ2n) is 9.97. The maximum Gasteiger partial charge on any atom is 0.227 e. The molecular weight excluding hydrogens is 468 g/mol. The van der Waals surface area contributed by atoms with E-state index in [2.05, 4.69) is 45.1 Å². The van der Waals surface area contributed by atoms with Gasteiger partial charge in [0.1, 0.15) is 5.75 Å². The quantitative estimate of drug-likeness (QED) is 0.434. The zero-order valence-corrected chi connectivity index (χ0v) is 21.7. The molecule has 5 rings (SSSR count). The molecule has 0 spiro atoms. The SMILES string of the molecule is O=C(Cc1cccs1)N1CCCC(COc2ccc(CN3CCN(Cc4cccnc4)CC3)cc2)C1. The fourth-order valence-corrected chi connectivity index (χ4v) is 5.82. The molecule has 2 fully saturated rings. The summed E-state index contributed by atoms with van der Waals surface area (Å²) in [6.07, 6.45) is 6.49. The van der Waals surface area contributed by atoms with Crippen molar-refractivity contribution in [1.29, 1.82) is 0 Å². The van der Waals surface area contributed by atoms with Crippen LogP contribution in [0, 0.1) is 5.92 Å². The van der Waals surface area contributed by atoms with Gasteiger partial charge in [0, 0.05) is 75.5 Å². The first-order chi connectivity index (χ1) is 17.7. The van der Waals surface area contributed by atoms with Crippen molar-refractivity contribution in [3.8, 4) is 5.75 Å². The predicted octanol–water partition coefficient (Wildman–Crippen LogP) is 4.32. The second-order valence-corrected chi connectivity index (χ2v) is 11.0. The molecule has 190 valence electrons. The Bertz CT molecular complexity index is 1070. The van der Waals surface area contributed by atoms with Crippen molar-refractivity contribution < 1.29 is 9.53 Å². The maximum atomic E-state index is 12.7. The predicted molar refractivity (Wildman–Crippen MR) is 144 cm³/mol. The van der Waals surface area contributed by atoms with Gasteiger partial charge in [0.05, 0.1) is 13.0 Å². The molecule has 2 aliphatic heterocycles. The number of thiophene rings is 1. The highest BCUT2D eigenvalue weighted by molar-refractivity contribution is 7.10. The number of aromatic nitrogens is 1. The van der Waals surface area contributed by atoms with E-state index >= 15 is 0 Å². The number of piperazine rings is 1. The number of rotatable bonds is 9. The van der Waals surface area contributed by atoms with Crippen LogP contribution in [-0.4, -0.2) is 71.5 Å². The summed E-state index contributed by atoms with van der Waals surface area (Å²) >= 11 is 1.66. The first-order valence-corrected chi connectivity index (χ1v) is 13.9. The van der Waals surface area contributed by atoms with Crippen LogP contribution in [0.1, 0.15) is 28.8 Å². The Hall–Kier alpha value is -2.74. The molecule has 3 aromatic rings. The topological polar surface area (TPSA) is 48.9 Å². The number of pyridine rings is 1. The highest BCUT2D eigenvalue weighted by Gasteiger charge is 2.24. The highest BCUT2D eigenvalue weighted by Crippen LogP contribution is 2.21. The fourth-order valence-electron chi connectivity index (χ4n) is 5.12. The lowest BCUT2D eigenvalue weighted by Crippen LogP contribution is -2.45. The molecule has 2 saturated heterocycles. The number of carbonyl (C=O) groups excluding carboxylic acids is 1. The van der Waals surface area contributed by atoms with Crippen LogP contribution in [-0.2, 0) is 24.3 Å². The first-order valence-electron chi connectivity index (χ1n) is 13.1. The lowest BCUT2D eigenvalue weighted by Gasteiger charge is -2.34. The van der Waals surface area contributed by atoms with E-state index in [4.69, 9.17) is 4.74 Å². The Kier molecular flexibility index (Phi) is 8.64. The van der Waals surface area contributed by atoms with Crippen LogP contribution in [0.15, 0.2) is 66.3 Å². The molecule has 4 heterocycles. The molecule has 1 aromatic carbocycles. The third-order valence-corrected chi connectivity index (χ3v) is 8.06. The molecule has 1 amide bonds. The van der Waals surface area contributed by atoms with E-state index in [1.54, 1.807) is 11.3 Å². The molecule has 0 saturated carbocycles. The summed E-state index contributed by atoms with van der Waals surface area (Å²) in [5, 5.41) is 2.03. The van der Waals surface area contributed by atoms with Crippen molar-refractivity contribution in [3.63, 3.8) is 0 Å². The minimum Gasteiger partial charge on any atom is -0.493 e. The molecule has 6 nitrogen and oxygen atoms in total. The van der Waals surface area contributed by atoms with Gasteiger partial charge in [-0.3, -0.25) is 19.6 Å². The lowest BCUT2D eigenvalue weighted by molar-refractivity contribution is -0.132. The Morgan fingerprint density at radius 1 is 0.944 bits per heavy atom. The van der Waals surface area contributed by atoms with Crippen LogP contribution < -0.4 is 4.74 Å². The average molecular weight is 505 g/mol. The van der Waals surface area contributed by atoms with Crippen LogP contribution in [0.3, 0.4) is 0 Å². The van der Waals surface area contributed by atoms with Crippen molar-refractivity contribution in [3.05, 3.63) is 82.3 Å². The highest BCUT2D eigenvalue weighted by atomic mass is 32.1. The fraction of sp³-hybridized carbons (Fsp3) is 0.448. The number of hydrogen-bond acceptors (Lipinski definition) is 6. The van der Waals surface area contributed by atoms with Gasteiger partial charge in [-0.05, 0) is 53.6 Å². The van der Waals surface area contributed by atoms with Crippen molar-refractivity contribution in [2.24, 2.45) is 5.92 Å². The van der Waals surface area contributed by atoms with Crippen molar-refractivity contribution >= 4 is 17.2 Å². The van der Waals surface area contributed by atoms with E-state index < -0.39 is 0 Å². The zero-order valence-electron chi connectivity index (χ0n) is 20.9. The van der Waals surface area contributed by atoms with Crippen LogP contribution in [0.2, 0.25) is 0 Å². The van der Waals surface area contributed by atoms with Gasteiger partial charge in [-0.2, -0.15) is 0 Å². The Labute approximate surface area is 218 Å². The number of likely N-dealkylation sites (tertiary alicyclic amines) is 1. The number of nitrogens with zero attached hydrogens (tertiary/aromatic N) is 4. The molecular formula is C29H36N4O2S. The lowest BCUT2D eigenvalue weighted by atomic mass is 9.98. The number of hydrogen-bond donors (Lipinski definition) is 0. The van der Waals surface area contributed by atoms with Gasteiger partial charge in [-0.1, -0.05) is 24.3 Å². The molecule has 0 N–H and O–H groups in total. The van der Waals surface area contributed by atoms with Gasteiger partial charge in [0.15, 0.2) is 0 Å². The molecule has 36 heavy (non-hydrogen) atoms. The van der Waals surface area contributed by atoms with Crippen molar-refractivity contribution in [2.75, 3.05) is 45.9 Å². The van der Waals surface area contributed by atoms with E-state index in [9.17, 15) is 4.79 Å². The minimum absolute atomic E-state index is 0.240. The van der Waals surface area contributed by atoms with Gasteiger partial charge in [0.25, 0.3) is 0 Å². The first kappa shape index (κ1) is 24.9. The monoisotopic (exact) mass is 504 g/mol. The van der Waals surface area contributed by atoms with E-state index in [0.29, 0.717) is 18.9 Å². The molecule has 2 aliphatic rings. The van der Waals surface area contributed by atoms with E-state index in [-0.39, 0.29) is 5.91 Å². The van der Waals surface area contributed by atoms with Crippen molar-refractivity contribution in [2.45, 2.75) is 32.4 Å². The largest absolute Gasteiger partial charge is 0.493 e. The Morgan fingerprint density at radius 3 is 2.42 bits per heavy atom. The summed E-state index contributed by atoms with van der Waals surface area (Å²) in [5.41, 5.74) is 2.61. The average Bonchev–Trinajstić information content (AvgIpc) is 3.43. The summed E-state index contributed by atoms with van der Waals surface area (Å²) in [6, 6.07) is 16.8. The van der Waals surface area contributed by atoms with Gasteiger partial charge in [-0.15, -0.1) is 11.3 Å². The summed E-state index contributed by atoms with van der Waals surface area (Å²) in [7, 11) is 0. The number of carbonyl (C=O) groups is 1. The van der Waals surface area contributed by atoms with Crippen molar-refractivity contribution in [1.82, 2.24) is 19.7 Å². The van der Waals surface area contributed by atoms with Gasteiger partial charge < -0.3 is 9.64 Å². The molecule has 0 radical (unpaired) electrons. The van der Waals surface area contributed by atoms with E-state index in [1.807, 2.05) is 40.9 Å². The third kappa shape index (κ3) is 7.15. The van der Waals surface area contributed by atoms with Crippen LogP contribution in [0.25, 0.3) is 0 Å². The third-order valence-electron chi connectivity index (χ3n) is 7.19. The van der Waals surface area contributed by atoms with Gasteiger partial charge >= 0.3 is 0 Å². The Balaban J connectivity index is 1.02. The number of amides is 1. The van der Waals surface area contributed by atoms with Crippen LogP contribution in [0.5, 0.6) is 5.75 Å². The number of benzene rings is 1. The molecule has 7 heteroatoms. The van der Waals surface area contributed by atoms with Gasteiger partial charge in [0.2, 0.25) is 5.91 Å². The summed E-state index contributed by atoms with van der Waals surface area (Å²) in [5.74, 6) is 1.56. The molecule has 1 unspecified atom stereocenters. The summed E-state index contributed by atoms with van der Waals surface area (Å²) in [6.45, 7) is 8.64. The minimum atomic E-state index is 0.240. The van der Waals surface area contributed by atoms with Crippen LogP contribution >= 0.6 is 11.3 Å². The van der Waals surface area contributed by atoms with Gasteiger partial charge in [-0.25, -0.2) is 0 Å². The smallest absolute Gasteiger partial charge is 0.227 e. The standard InChI is InChI=1S/C29H36N4O2S/c34-29(18-28-6-3-17-36-28)33-12-2-5-26(22-33)23-35-27-9-7-24(8-10-27)20-31-13-15-32(16-14-31)21-25-4-1-11-30-19-25/h1,3-4,6-11,17,19,26H,2,5,12-16,18,20-23H2. The summed E-state index contributed by atoms with van der Waals surface area (Å²) < 4.78 is 6.13. The molecule has 2 aromatic heterocycles.